The molecule has 0 aromatic heterocycles. The molecule has 2 aliphatic heterocycles. The summed E-state index contributed by atoms with van der Waals surface area (Å²) < 4.78 is 0. The zero-order valence-corrected chi connectivity index (χ0v) is 12.8. The number of thioether (sulfide) groups is 1. The number of nitrogens with zero attached hydrogens (tertiary/aromatic N) is 1. The fourth-order valence-electron chi connectivity index (χ4n) is 3.29. The molecule has 0 aliphatic carbocycles. The highest BCUT2D eigenvalue weighted by Crippen LogP contribution is 2.38. The van der Waals surface area contributed by atoms with Crippen molar-refractivity contribution in [3.05, 3.63) is 0 Å². The van der Waals surface area contributed by atoms with Crippen LogP contribution in [-0.4, -0.2) is 47.5 Å². The molecule has 18 heavy (non-hydrogen) atoms. The van der Waals surface area contributed by atoms with E-state index in [1.807, 2.05) is 11.8 Å². The van der Waals surface area contributed by atoms with Gasteiger partial charge in [0.15, 0.2) is 0 Å². The van der Waals surface area contributed by atoms with E-state index in [4.69, 9.17) is 0 Å². The Labute approximate surface area is 115 Å². The van der Waals surface area contributed by atoms with E-state index in [0.717, 1.165) is 32.6 Å². The number of hydrogen-bond donors (Lipinski definition) is 1. The number of amides is 1. The average molecular weight is 270 g/mol. The van der Waals surface area contributed by atoms with E-state index in [1.54, 1.807) is 0 Å². The zero-order chi connectivity index (χ0) is 13.3. The molecule has 0 saturated carbocycles. The lowest BCUT2D eigenvalue weighted by molar-refractivity contribution is -0.143. The van der Waals surface area contributed by atoms with Gasteiger partial charge in [-0.25, -0.2) is 0 Å². The van der Waals surface area contributed by atoms with Gasteiger partial charge in [-0.3, -0.25) is 4.79 Å². The van der Waals surface area contributed by atoms with Crippen molar-refractivity contribution < 1.29 is 4.79 Å². The van der Waals surface area contributed by atoms with Crippen molar-refractivity contribution in [1.29, 1.82) is 0 Å². The SMILES string of the molecule is CC1CN(C(=O)C2(C(C)C)CCNC2)CC(C)S1. The number of carbonyl (C=O) groups excluding carboxylic acids is 1. The largest absolute Gasteiger partial charge is 0.340 e. The first-order valence-electron chi connectivity index (χ1n) is 7.11. The second-order valence-corrected chi connectivity index (χ2v) is 8.09. The normalized spacial score (nSPS) is 37.3. The molecule has 3 unspecified atom stereocenters. The molecule has 3 atom stereocenters. The van der Waals surface area contributed by atoms with Crippen LogP contribution in [0.3, 0.4) is 0 Å². The Balaban J connectivity index is 2.13. The van der Waals surface area contributed by atoms with Crippen LogP contribution in [0.5, 0.6) is 0 Å². The van der Waals surface area contributed by atoms with Crippen LogP contribution >= 0.6 is 11.8 Å². The maximum absolute atomic E-state index is 12.9. The fourth-order valence-corrected chi connectivity index (χ4v) is 4.62. The van der Waals surface area contributed by atoms with Crippen molar-refractivity contribution in [3.8, 4) is 0 Å². The van der Waals surface area contributed by atoms with Gasteiger partial charge in [0.1, 0.15) is 0 Å². The van der Waals surface area contributed by atoms with Crippen LogP contribution < -0.4 is 5.32 Å². The van der Waals surface area contributed by atoms with Gasteiger partial charge in [-0.2, -0.15) is 11.8 Å². The molecule has 2 saturated heterocycles. The Kier molecular flexibility index (Phi) is 4.27. The van der Waals surface area contributed by atoms with Crippen LogP contribution in [0.1, 0.15) is 34.1 Å². The highest BCUT2D eigenvalue weighted by molar-refractivity contribution is 8.00. The fraction of sp³-hybridized carbons (Fsp3) is 0.929. The van der Waals surface area contributed by atoms with Gasteiger partial charge >= 0.3 is 0 Å². The standard InChI is InChI=1S/C14H26N2OS/c1-10(2)14(5-6-15-9-14)13(17)16-7-11(3)18-12(4)8-16/h10-12,15H,5-9H2,1-4H3. The second-order valence-electron chi connectivity index (χ2n) is 6.21. The van der Waals surface area contributed by atoms with Crippen molar-refractivity contribution in [2.24, 2.45) is 11.3 Å². The van der Waals surface area contributed by atoms with Gasteiger partial charge in [0, 0.05) is 30.1 Å². The predicted octanol–water partition coefficient (Wildman–Crippen LogP) is 1.97. The summed E-state index contributed by atoms with van der Waals surface area (Å²) in [6, 6.07) is 0. The maximum Gasteiger partial charge on any atom is 0.230 e. The first kappa shape index (κ1) is 14.2. The molecule has 4 heteroatoms. The Bertz CT molecular complexity index is 303. The summed E-state index contributed by atoms with van der Waals surface area (Å²) in [5.74, 6) is 0.807. The van der Waals surface area contributed by atoms with Crippen LogP contribution in [0.25, 0.3) is 0 Å². The average Bonchev–Trinajstić information content (AvgIpc) is 2.76. The lowest BCUT2D eigenvalue weighted by atomic mass is 9.75. The lowest BCUT2D eigenvalue weighted by Crippen LogP contribution is -2.53. The molecule has 1 amide bonds. The predicted molar refractivity (Wildman–Crippen MR) is 77.9 cm³/mol. The Morgan fingerprint density at radius 2 is 1.94 bits per heavy atom. The van der Waals surface area contributed by atoms with Crippen molar-refractivity contribution in [1.82, 2.24) is 10.2 Å². The molecular formula is C14H26N2OS. The third-order valence-electron chi connectivity index (χ3n) is 4.43. The number of nitrogens with one attached hydrogen (secondary N) is 1. The van der Waals surface area contributed by atoms with Crippen molar-refractivity contribution in [2.75, 3.05) is 26.2 Å². The number of rotatable bonds is 2. The number of hydrogen-bond acceptors (Lipinski definition) is 3. The molecule has 2 fully saturated rings. The summed E-state index contributed by atoms with van der Waals surface area (Å²) >= 11 is 2.00. The van der Waals surface area contributed by atoms with E-state index in [0.29, 0.717) is 22.3 Å². The van der Waals surface area contributed by atoms with Crippen molar-refractivity contribution in [2.45, 2.75) is 44.6 Å². The lowest BCUT2D eigenvalue weighted by Gasteiger charge is -2.41. The summed E-state index contributed by atoms with van der Waals surface area (Å²) in [6.07, 6.45) is 0.996. The van der Waals surface area contributed by atoms with Gasteiger partial charge in [0.2, 0.25) is 5.91 Å². The molecule has 0 aromatic carbocycles. The highest BCUT2D eigenvalue weighted by atomic mass is 32.2. The van der Waals surface area contributed by atoms with Crippen LogP contribution in [0.4, 0.5) is 0 Å². The summed E-state index contributed by atoms with van der Waals surface area (Å²) in [5.41, 5.74) is -0.151. The van der Waals surface area contributed by atoms with Gasteiger partial charge in [-0.15, -0.1) is 0 Å². The van der Waals surface area contributed by atoms with E-state index in [1.165, 1.54) is 0 Å². The van der Waals surface area contributed by atoms with Gasteiger partial charge < -0.3 is 10.2 Å². The maximum atomic E-state index is 12.9. The molecule has 1 N–H and O–H groups in total. The molecule has 0 aromatic rings. The minimum atomic E-state index is -0.151. The van der Waals surface area contributed by atoms with Crippen LogP contribution in [0, 0.1) is 11.3 Å². The molecule has 2 aliphatic rings. The third kappa shape index (κ3) is 2.55. The van der Waals surface area contributed by atoms with E-state index < -0.39 is 0 Å². The molecule has 104 valence electrons. The highest BCUT2D eigenvalue weighted by Gasteiger charge is 2.46. The summed E-state index contributed by atoms with van der Waals surface area (Å²) in [6.45, 7) is 12.5. The quantitative estimate of drug-likeness (QED) is 0.833. The van der Waals surface area contributed by atoms with Gasteiger partial charge in [0.05, 0.1) is 5.41 Å². The van der Waals surface area contributed by atoms with E-state index in [2.05, 4.69) is 37.9 Å². The Morgan fingerprint density at radius 3 is 2.39 bits per heavy atom. The third-order valence-corrected chi connectivity index (χ3v) is 5.65. The van der Waals surface area contributed by atoms with Crippen LogP contribution in [0.15, 0.2) is 0 Å². The summed E-state index contributed by atoms with van der Waals surface area (Å²) in [7, 11) is 0. The molecular weight excluding hydrogens is 244 g/mol. The number of carbonyl (C=O) groups is 1. The molecule has 0 spiro atoms. The van der Waals surface area contributed by atoms with Crippen molar-refractivity contribution in [3.63, 3.8) is 0 Å². The minimum absolute atomic E-state index is 0.151. The molecule has 2 heterocycles. The molecule has 2 rings (SSSR count). The van der Waals surface area contributed by atoms with Crippen molar-refractivity contribution >= 4 is 17.7 Å². The van der Waals surface area contributed by atoms with Gasteiger partial charge in [-0.05, 0) is 18.9 Å². The van der Waals surface area contributed by atoms with E-state index >= 15 is 0 Å². The smallest absolute Gasteiger partial charge is 0.230 e. The minimum Gasteiger partial charge on any atom is -0.340 e. The first-order valence-corrected chi connectivity index (χ1v) is 8.05. The topological polar surface area (TPSA) is 32.3 Å². The van der Waals surface area contributed by atoms with Gasteiger partial charge in [-0.1, -0.05) is 27.7 Å². The van der Waals surface area contributed by atoms with E-state index in [-0.39, 0.29) is 5.41 Å². The van der Waals surface area contributed by atoms with Crippen LogP contribution in [-0.2, 0) is 4.79 Å². The van der Waals surface area contributed by atoms with Crippen LogP contribution in [0.2, 0.25) is 0 Å². The first-order chi connectivity index (χ1) is 8.45. The zero-order valence-electron chi connectivity index (χ0n) is 12.0. The van der Waals surface area contributed by atoms with Gasteiger partial charge in [0.25, 0.3) is 0 Å². The summed E-state index contributed by atoms with van der Waals surface area (Å²) in [5, 5.41) is 4.52. The monoisotopic (exact) mass is 270 g/mol. The second kappa shape index (κ2) is 5.41. The molecule has 0 radical (unpaired) electrons. The Hall–Kier alpha value is -0.220. The summed E-state index contributed by atoms with van der Waals surface area (Å²) in [4.78, 5) is 15.1. The molecule has 0 bridgehead atoms. The molecule has 3 nitrogen and oxygen atoms in total. The Morgan fingerprint density at radius 1 is 1.33 bits per heavy atom. The van der Waals surface area contributed by atoms with E-state index in [9.17, 15) is 4.79 Å².